The Morgan fingerprint density at radius 1 is 1.22 bits per heavy atom. The number of benzene rings is 1. The highest BCUT2D eigenvalue weighted by atomic mass is 32.2. The molecule has 1 aromatic carbocycles. The third-order valence-corrected chi connectivity index (χ3v) is 3.14. The molecular formula is C13H16O4S. The summed E-state index contributed by atoms with van der Waals surface area (Å²) in [5.74, 6) is 0.0178. The van der Waals surface area contributed by atoms with E-state index in [1.54, 1.807) is 25.1 Å². The number of esters is 2. The first kappa shape index (κ1) is 14.6. The highest BCUT2D eigenvalue weighted by molar-refractivity contribution is 7.99. The van der Waals surface area contributed by atoms with E-state index in [4.69, 9.17) is 9.47 Å². The first-order chi connectivity index (χ1) is 8.63. The predicted octanol–water partition coefficient (Wildman–Crippen LogP) is 2.76. The highest BCUT2D eigenvalue weighted by Crippen LogP contribution is 2.25. The molecule has 0 bridgehead atoms. The fourth-order valence-electron chi connectivity index (χ4n) is 1.42. The fourth-order valence-corrected chi connectivity index (χ4v) is 2.25. The zero-order valence-electron chi connectivity index (χ0n) is 10.7. The molecule has 0 unspecified atom stereocenters. The van der Waals surface area contributed by atoms with Gasteiger partial charge in [-0.15, -0.1) is 11.8 Å². The minimum atomic E-state index is -0.402. The van der Waals surface area contributed by atoms with Crippen LogP contribution < -0.4 is 0 Å². The molecule has 0 fully saturated rings. The van der Waals surface area contributed by atoms with E-state index in [0.29, 0.717) is 17.7 Å². The molecule has 0 aliphatic heterocycles. The van der Waals surface area contributed by atoms with Gasteiger partial charge >= 0.3 is 11.9 Å². The Kier molecular flexibility index (Phi) is 5.71. The summed E-state index contributed by atoms with van der Waals surface area (Å²) in [6.45, 7) is 4.05. The molecule has 1 aromatic rings. The van der Waals surface area contributed by atoms with Crippen LogP contribution in [0, 0.1) is 0 Å². The molecule has 0 saturated heterocycles. The number of ether oxygens (including phenoxy) is 2. The Hall–Kier alpha value is -1.49. The number of carbonyl (C=O) groups is 2. The molecule has 98 valence electrons. The Labute approximate surface area is 111 Å². The van der Waals surface area contributed by atoms with Crippen molar-refractivity contribution in [1.29, 1.82) is 0 Å². The third-order valence-electron chi connectivity index (χ3n) is 2.20. The molecule has 0 aliphatic rings. The van der Waals surface area contributed by atoms with Crippen LogP contribution in [0.1, 0.15) is 34.6 Å². The maximum absolute atomic E-state index is 11.6. The summed E-state index contributed by atoms with van der Waals surface area (Å²) < 4.78 is 9.63. The van der Waals surface area contributed by atoms with Crippen molar-refractivity contribution in [3.05, 3.63) is 29.3 Å². The number of thioether (sulfide) groups is 1. The van der Waals surface area contributed by atoms with Crippen LogP contribution in [0.15, 0.2) is 23.1 Å². The summed E-state index contributed by atoms with van der Waals surface area (Å²) in [5, 5.41) is 0. The second kappa shape index (κ2) is 7.06. The van der Waals surface area contributed by atoms with E-state index in [1.165, 1.54) is 18.9 Å². The van der Waals surface area contributed by atoms with E-state index < -0.39 is 5.97 Å². The minimum absolute atomic E-state index is 0.327. The molecule has 0 atom stereocenters. The maximum Gasteiger partial charge on any atom is 0.338 e. The van der Waals surface area contributed by atoms with Gasteiger partial charge in [-0.1, -0.05) is 6.92 Å². The van der Waals surface area contributed by atoms with Gasteiger partial charge in [0.1, 0.15) is 0 Å². The van der Waals surface area contributed by atoms with Gasteiger partial charge in [-0.25, -0.2) is 9.59 Å². The smallest absolute Gasteiger partial charge is 0.338 e. The summed E-state index contributed by atoms with van der Waals surface area (Å²) >= 11 is 1.49. The average Bonchev–Trinajstić information content (AvgIpc) is 2.38. The van der Waals surface area contributed by atoms with E-state index in [2.05, 4.69) is 0 Å². The summed E-state index contributed by atoms with van der Waals surface area (Å²) in [6, 6.07) is 4.83. The molecule has 0 amide bonds. The molecule has 0 N–H and O–H groups in total. The lowest BCUT2D eigenvalue weighted by Gasteiger charge is -2.08. The zero-order valence-corrected chi connectivity index (χ0v) is 11.5. The van der Waals surface area contributed by atoms with Crippen molar-refractivity contribution < 1.29 is 19.1 Å². The minimum Gasteiger partial charge on any atom is -0.465 e. The number of hydrogen-bond donors (Lipinski definition) is 0. The zero-order chi connectivity index (χ0) is 13.5. The summed E-state index contributed by atoms with van der Waals surface area (Å²) in [7, 11) is 1.34. The van der Waals surface area contributed by atoms with Gasteiger partial charge in [0.25, 0.3) is 0 Å². The van der Waals surface area contributed by atoms with E-state index in [9.17, 15) is 9.59 Å². The second-order valence-electron chi connectivity index (χ2n) is 3.36. The molecule has 4 nitrogen and oxygen atoms in total. The van der Waals surface area contributed by atoms with E-state index in [0.717, 1.165) is 10.6 Å². The van der Waals surface area contributed by atoms with Crippen molar-refractivity contribution in [1.82, 2.24) is 0 Å². The van der Waals surface area contributed by atoms with Crippen molar-refractivity contribution in [3.8, 4) is 0 Å². The molecule has 5 heteroatoms. The van der Waals surface area contributed by atoms with Crippen LogP contribution in [-0.4, -0.2) is 31.4 Å². The Morgan fingerprint density at radius 2 is 1.94 bits per heavy atom. The van der Waals surface area contributed by atoms with Gasteiger partial charge in [0.2, 0.25) is 0 Å². The van der Waals surface area contributed by atoms with Gasteiger partial charge < -0.3 is 9.47 Å². The lowest BCUT2D eigenvalue weighted by atomic mass is 10.1. The van der Waals surface area contributed by atoms with Gasteiger partial charge in [-0.2, -0.15) is 0 Å². The Balaban J connectivity index is 3.10. The molecule has 0 aromatic heterocycles. The lowest BCUT2D eigenvalue weighted by molar-refractivity contribution is 0.0523. The van der Waals surface area contributed by atoms with Gasteiger partial charge in [0, 0.05) is 4.90 Å². The van der Waals surface area contributed by atoms with Gasteiger partial charge in [0.05, 0.1) is 24.8 Å². The standard InChI is InChI=1S/C13H16O4S/c1-4-17-12(14)9-6-7-10(13(15)16-3)11(8-9)18-5-2/h6-8H,4-5H2,1-3H3. The molecule has 18 heavy (non-hydrogen) atoms. The second-order valence-corrected chi connectivity index (χ2v) is 4.66. The van der Waals surface area contributed by atoms with Crippen molar-refractivity contribution in [2.24, 2.45) is 0 Å². The van der Waals surface area contributed by atoms with Crippen LogP contribution in [0.25, 0.3) is 0 Å². The van der Waals surface area contributed by atoms with Crippen LogP contribution in [0.4, 0.5) is 0 Å². The van der Waals surface area contributed by atoms with E-state index >= 15 is 0 Å². The summed E-state index contributed by atoms with van der Waals surface area (Å²) in [5.41, 5.74) is 0.915. The Bertz CT molecular complexity index is 443. The number of carbonyl (C=O) groups excluding carboxylic acids is 2. The quantitative estimate of drug-likeness (QED) is 0.607. The van der Waals surface area contributed by atoms with Crippen molar-refractivity contribution >= 4 is 23.7 Å². The molecule has 1 rings (SSSR count). The largest absolute Gasteiger partial charge is 0.465 e. The van der Waals surface area contributed by atoms with E-state index in [-0.39, 0.29) is 5.97 Å². The average molecular weight is 268 g/mol. The molecule has 0 heterocycles. The van der Waals surface area contributed by atoms with Gasteiger partial charge in [-0.3, -0.25) is 0 Å². The van der Waals surface area contributed by atoms with Crippen molar-refractivity contribution in [2.75, 3.05) is 19.5 Å². The Morgan fingerprint density at radius 3 is 2.50 bits per heavy atom. The van der Waals surface area contributed by atoms with Crippen molar-refractivity contribution in [3.63, 3.8) is 0 Å². The summed E-state index contributed by atoms with van der Waals surface area (Å²) in [4.78, 5) is 23.9. The van der Waals surface area contributed by atoms with Gasteiger partial charge in [0.15, 0.2) is 0 Å². The first-order valence-corrected chi connectivity index (χ1v) is 6.64. The SMILES string of the molecule is CCOC(=O)c1ccc(C(=O)OC)c(SCC)c1. The fraction of sp³-hybridized carbons (Fsp3) is 0.385. The molecule has 0 saturated carbocycles. The van der Waals surface area contributed by atoms with Crippen LogP contribution in [0.3, 0.4) is 0 Å². The number of hydrogen-bond acceptors (Lipinski definition) is 5. The van der Waals surface area contributed by atoms with E-state index in [1.807, 2.05) is 6.92 Å². The molecule has 0 spiro atoms. The highest BCUT2D eigenvalue weighted by Gasteiger charge is 2.15. The summed E-state index contributed by atoms with van der Waals surface area (Å²) in [6.07, 6.45) is 0. The van der Waals surface area contributed by atoms with Crippen LogP contribution in [-0.2, 0) is 9.47 Å². The van der Waals surface area contributed by atoms with Crippen LogP contribution >= 0.6 is 11.8 Å². The molecular weight excluding hydrogens is 252 g/mol. The predicted molar refractivity (Wildman–Crippen MR) is 70.1 cm³/mol. The topological polar surface area (TPSA) is 52.6 Å². The van der Waals surface area contributed by atoms with Gasteiger partial charge in [-0.05, 0) is 30.9 Å². The van der Waals surface area contributed by atoms with Crippen LogP contribution in [0.5, 0.6) is 0 Å². The lowest BCUT2D eigenvalue weighted by Crippen LogP contribution is -2.08. The van der Waals surface area contributed by atoms with Crippen LogP contribution in [0.2, 0.25) is 0 Å². The number of rotatable bonds is 5. The first-order valence-electron chi connectivity index (χ1n) is 5.66. The normalized spacial score (nSPS) is 9.94. The van der Waals surface area contributed by atoms with Crippen molar-refractivity contribution in [2.45, 2.75) is 18.7 Å². The molecule has 0 aliphatic carbocycles. The monoisotopic (exact) mass is 268 g/mol. The maximum atomic E-state index is 11.6. The number of methoxy groups -OCH3 is 1. The molecule has 0 radical (unpaired) electrons. The third kappa shape index (κ3) is 3.50.